The molecule has 6 nitrogen and oxygen atoms in total. The summed E-state index contributed by atoms with van der Waals surface area (Å²) in [5.41, 5.74) is 3.39. The van der Waals surface area contributed by atoms with Crippen LogP contribution < -0.4 is 10.1 Å². The summed E-state index contributed by atoms with van der Waals surface area (Å²) in [5.74, 6) is 0.725. The van der Waals surface area contributed by atoms with Crippen LogP contribution in [0.15, 0.2) is 42.6 Å². The minimum absolute atomic E-state index is 0.00378. The fourth-order valence-corrected chi connectivity index (χ4v) is 3.25. The first kappa shape index (κ1) is 21.5. The number of nitrogens with zero attached hydrogens (tertiary/aromatic N) is 1. The average molecular weight is 425 g/mol. The van der Waals surface area contributed by atoms with Gasteiger partial charge in [0, 0.05) is 23.7 Å². The smallest absolute Gasteiger partial charge is 0.166 e. The summed E-state index contributed by atoms with van der Waals surface area (Å²) < 4.78 is 16.7. The molecule has 3 rings (SSSR count). The molecule has 1 heterocycles. The van der Waals surface area contributed by atoms with Crippen LogP contribution in [0.3, 0.4) is 0 Å². The SMILES string of the molecule is CCCC(=O)c1cnc2c(OCC(C)=S=O)cccc2c1Nc1ccc(O)cc1C. The number of phenols is 1. The molecule has 0 aliphatic rings. The average Bonchev–Trinajstić information content (AvgIpc) is 2.74. The van der Waals surface area contributed by atoms with Crippen LogP contribution >= 0.6 is 0 Å². The Balaban J connectivity index is 2.15. The fourth-order valence-electron chi connectivity index (χ4n) is 3.15. The number of carbonyl (C=O) groups excluding carboxylic acids is 1. The van der Waals surface area contributed by atoms with E-state index in [1.165, 1.54) is 0 Å². The number of ketones is 1. The van der Waals surface area contributed by atoms with Crippen LogP contribution in [0.25, 0.3) is 10.9 Å². The number of Topliss-reactive ketones (excluding diaryl/α,β-unsaturated/α-hetero) is 1. The van der Waals surface area contributed by atoms with Crippen molar-refractivity contribution in [2.75, 3.05) is 11.9 Å². The third kappa shape index (κ3) is 4.68. The lowest BCUT2D eigenvalue weighted by Crippen LogP contribution is -2.09. The number of aromatic hydroxyl groups is 1. The molecule has 0 bridgehead atoms. The molecule has 3 aromatic rings. The number of benzene rings is 2. The second-order valence-electron chi connectivity index (χ2n) is 7.07. The molecule has 1 aromatic heterocycles. The van der Waals surface area contributed by atoms with Gasteiger partial charge in [-0.05, 0) is 50.1 Å². The van der Waals surface area contributed by atoms with Gasteiger partial charge >= 0.3 is 0 Å². The first-order valence-corrected chi connectivity index (χ1v) is 10.4. The van der Waals surface area contributed by atoms with Crippen molar-refractivity contribution < 1.29 is 18.8 Å². The Morgan fingerprint density at radius 2 is 2.07 bits per heavy atom. The van der Waals surface area contributed by atoms with Crippen LogP contribution in [-0.4, -0.2) is 31.6 Å². The Morgan fingerprint density at radius 1 is 1.27 bits per heavy atom. The standard InChI is InChI=1S/C23H24N2O4S/c1-4-6-20(27)18-12-24-23-17(7-5-8-21(23)29-13-15(3)30-28)22(18)25-19-10-9-16(26)11-14(19)2/h5,7-12,26H,4,6,13H2,1-3H3,(H,24,25). The Labute approximate surface area is 179 Å². The van der Waals surface area contributed by atoms with E-state index in [4.69, 9.17) is 4.74 Å². The third-order valence-corrected chi connectivity index (χ3v) is 5.08. The van der Waals surface area contributed by atoms with Crippen molar-refractivity contribution in [1.29, 1.82) is 0 Å². The van der Waals surface area contributed by atoms with Crippen LogP contribution in [0.1, 0.15) is 42.6 Å². The molecular weight excluding hydrogens is 400 g/mol. The number of ether oxygens (including phenoxy) is 1. The number of pyridine rings is 1. The molecular formula is C23H24N2O4S. The first-order chi connectivity index (χ1) is 14.4. The van der Waals surface area contributed by atoms with Crippen molar-refractivity contribution in [3.05, 3.63) is 53.7 Å². The van der Waals surface area contributed by atoms with Crippen molar-refractivity contribution in [3.63, 3.8) is 0 Å². The number of hydrogen-bond donors (Lipinski definition) is 2. The number of carbonyl (C=O) groups is 1. The zero-order valence-corrected chi connectivity index (χ0v) is 18.0. The van der Waals surface area contributed by atoms with Crippen molar-refractivity contribution in [3.8, 4) is 11.5 Å². The molecule has 0 spiro atoms. The van der Waals surface area contributed by atoms with Gasteiger partial charge in [0.05, 0.1) is 27.4 Å². The highest BCUT2D eigenvalue weighted by atomic mass is 32.1. The van der Waals surface area contributed by atoms with Gasteiger partial charge in [0.15, 0.2) is 5.78 Å². The lowest BCUT2D eigenvalue weighted by atomic mass is 10.0. The molecule has 0 radical (unpaired) electrons. The Kier molecular flexibility index (Phi) is 6.84. The van der Waals surface area contributed by atoms with Gasteiger partial charge < -0.3 is 15.2 Å². The predicted molar refractivity (Wildman–Crippen MR) is 121 cm³/mol. The molecule has 0 aliphatic carbocycles. The molecule has 0 aliphatic heterocycles. The zero-order chi connectivity index (χ0) is 21.7. The van der Waals surface area contributed by atoms with E-state index in [1.807, 2.05) is 26.0 Å². The molecule has 0 amide bonds. The summed E-state index contributed by atoms with van der Waals surface area (Å²) >= 11 is 0.413. The largest absolute Gasteiger partial charge is 0.508 e. The number of fused-ring (bicyclic) bond motifs is 1. The van der Waals surface area contributed by atoms with Crippen LogP contribution in [0.5, 0.6) is 11.5 Å². The fraction of sp³-hybridized carbons (Fsp3) is 0.261. The van der Waals surface area contributed by atoms with E-state index in [-0.39, 0.29) is 18.1 Å². The van der Waals surface area contributed by atoms with Crippen molar-refractivity contribution in [1.82, 2.24) is 4.98 Å². The Bertz CT molecular complexity index is 1150. The van der Waals surface area contributed by atoms with Gasteiger partial charge in [-0.1, -0.05) is 19.1 Å². The monoisotopic (exact) mass is 424 g/mol. The minimum Gasteiger partial charge on any atom is -0.508 e. The van der Waals surface area contributed by atoms with Crippen molar-refractivity contribution in [2.24, 2.45) is 0 Å². The number of rotatable bonds is 8. The van der Waals surface area contributed by atoms with Gasteiger partial charge in [0.1, 0.15) is 23.6 Å². The topological polar surface area (TPSA) is 88.5 Å². The maximum Gasteiger partial charge on any atom is 0.166 e. The third-order valence-electron chi connectivity index (χ3n) is 4.68. The maximum absolute atomic E-state index is 12.8. The molecule has 30 heavy (non-hydrogen) atoms. The summed E-state index contributed by atoms with van der Waals surface area (Å²) in [6, 6.07) is 10.5. The summed E-state index contributed by atoms with van der Waals surface area (Å²) in [6.45, 7) is 5.75. The molecule has 0 fully saturated rings. The predicted octanol–water partition coefficient (Wildman–Crippen LogP) is 4.76. The quantitative estimate of drug-likeness (QED) is 0.308. The minimum atomic E-state index is 0.00378. The number of phenolic OH excluding ortho intramolecular Hbond substituents is 1. The molecule has 0 atom stereocenters. The van der Waals surface area contributed by atoms with Crippen LogP contribution in [0, 0.1) is 6.92 Å². The number of aromatic nitrogens is 1. The summed E-state index contributed by atoms with van der Waals surface area (Å²) in [6.07, 6.45) is 2.73. The summed E-state index contributed by atoms with van der Waals surface area (Å²) in [7, 11) is 0. The van der Waals surface area contributed by atoms with E-state index >= 15 is 0 Å². The molecule has 7 heteroatoms. The first-order valence-electron chi connectivity index (χ1n) is 9.71. The molecule has 2 aromatic carbocycles. The van der Waals surface area contributed by atoms with Crippen LogP contribution in [0.4, 0.5) is 11.4 Å². The summed E-state index contributed by atoms with van der Waals surface area (Å²) in [4.78, 5) is 17.9. The van der Waals surface area contributed by atoms with Gasteiger partial charge in [-0.25, -0.2) is 4.21 Å². The second kappa shape index (κ2) is 9.54. The van der Waals surface area contributed by atoms with Crippen molar-refractivity contribution >= 4 is 44.2 Å². The second-order valence-corrected chi connectivity index (χ2v) is 7.93. The van der Waals surface area contributed by atoms with Gasteiger partial charge in [-0.2, -0.15) is 0 Å². The number of para-hydroxylation sites is 1. The van der Waals surface area contributed by atoms with E-state index in [1.54, 1.807) is 37.4 Å². The number of aryl methyl sites for hydroxylation is 1. The van der Waals surface area contributed by atoms with Crippen molar-refractivity contribution in [2.45, 2.75) is 33.6 Å². The summed E-state index contributed by atoms with van der Waals surface area (Å²) in [5, 5.41) is 13.8. The normalized spacial score (nSPS) is 10.6. The molecule has 2 N–H and O–H groups in total. The molecule has 0 unspecified atom stereocenters. The lowest BCUT2D eigenvalue weighted by Gasteiger charge is -2.17. The van der Waals surface area contributed by atoms with Gasteiger partial charge in [-0.3, -0.25) is 9.78 Å². The molecule has 0 saturated heterocycles. The number of nitrogens with one attached hydrogen (secondary N) is 1. The number of anilines is 2. The van der Waals surface area contributed by atoms with Gasteiger partial charge in [-0.15, -0.1) is 0 Å². The Hall–Kier alpha value is -3.19. The Morgan fingerprint density at radius 3 is 2.77 bits per heavy atom. The lowest BCUT2D eigenvalue weighted by molar-refractivity contribution is 0.0982. The van der Waals surface area contributed by atoms with E-state index < -0.39 is 0 Å². The number of hydrogen-bond acceptors (Lipinski definition) is 6. The van der Waals surface area contributed by atoms with E-state index in [0.717, 1.165) is 23.1 Å². The maximum atomic E-state index is 12.8. The van der Waals surface area contributed by atoms with Crippen LogP contribution in [0.2, 0.25) is 0 Å². The van der Waals surface area contributed by atoms with Gasteiger partial charge in [0.25, 0.3) is 0 Å². The van der Waals surface area contributed by atoms with E-state index in [2.05, 4.69) is 10.3 Å². The van der Waals surface area contributed by atoms with E-state index in [9.17, 15) is 14.1 Å². The zero-order valence-electron chi connectivity index (χ0n) is 17.2. The van der Waals surface area contributed by atoms with Gasteiger partial charge in [0.2, 0.25) is 0 Å². The van der Waals surface area contributed by atoms with E-state index in [0.29, 0.717) is 45.1 Å². The highest BCUT2D eigenvalue weighted by Gasteiger charge is 2.18. The molecule has 156 valence electrons. The molecule has 0 saturated carbocycles. The highest BCUT2D eigenvalue weighted by Crippen LogP contribution is 2.35. The van der Waals surface area contributed by atoms with Crippen LogP contribution in [-0.2, 0) is 11.3 Å². The highest BCUT2D eigenvalue weighted by molar-refractivity contribution is 7.66.